The predicted octanol–water partition coefficient (Wildman–Crippen LogP) is 1.02. The van der Waals surface area contributed by atoms with Gasteiger partial charge in [-0.2, -0.15) is 0 Å². The van der Waals surface area contributed by atoms with E-state index in [1.807, 2.05) is 6.92 Å². The van der Waals surface area contributed by atoms with Gasteiger partial charge in [0.05, 0.1) is 5.54 Å². The Balaban J connectivity index is 0. The summed E-state index contributed by atoms with van der Waals surface area (Å²) in [6.45, 7) is 21.2. The number of hydrogen-bond donors (Lipinski definition) is 3. The molecule has 0 aliphatic carbocycles. The average molecular weight is 327 g/mol. The summed E-state index contributed by atoms with van der Waals surface area (Å²) in [5.41, 5.74) is 0.980. The van der Waals surface area contributed by atoms with Crippen molar-refractivity contribution in [3.8, 4) is 0 Å². The first-order valence-electron chi connectivity index (χ1n) is 6.76. The molecular formula is C14H31ClN2O4. The quantitative estimate of drug-likeness (QED) is 0.531. The zero-order chi connectivity index (χ0) is 17.6. The molecule has 0 rings (SSSR count). The second-order valence-corrected chi connectivity index (χ2v) is 7.28. The SMILES string of the molecule is C=C(C)C(=NC(C)(C)C)N(C(C)C)C(C)C.[O-][Cl+](O)(O)O. The van der Waals surface area contributed by atoms with Crippen LogP contribution < -0.4 is 4.66 Å². The molecule has 0 saturated heterocycles. The van der Waals surface area contributed by atoms with Gasteiger partial charge in [0.1, 0.15) is 5.84 Å². The van der Waals surface area contributed by atoms with Gasteiger partial charge >= 0.3 is 28.9 Å². The second kappa shape index (κ2) is 8.70. The number of hydrogen-bond acceptors (Lipinski definition) is 5. The Morgan fingerprint density at radius 2 is 1.38 bits per heavy atom. The van der Waals surface area contributed by atoms with Gasteiger partial charge in [-0.15, -0.1) is 0 Å². The van der Waals surface area contributed by atoms with E-state index in [4.69, 9.17) is 23.6 Å². The van der Waals surface area contributed by atoms with E-state index in [2.05, 4.69) is 59.9 Å². The van der Waals surface area contributed by atoms with E-state index < -0.39 is 10.2 Å². The zero-order valence-corrected chi connectivity index (χ0v) is 15.1. The van der Waals surface area contributed by atoms with Crippen molar-refractivity contribution in [1.82, 2.24) is 4.90 Å². The van der Waals surface area contributed by atoms with Gasteiger partial charge in [-0.3, -0.25) is 4.99 Å². The fourth-order valence-electron chi connectivity index (χ4n) is 1.78. The van der Waals surface area contributed by atoms with Gasteiger partial charge in [-0.05, 0) is 61.0 Å². The molecule has 0 saturated carbocycles. The third kappa shape index (κ3) is 14.1. The molecule has 0 unspecified atom stereocenters. The molecule has 128 valence electrons. The Labute approximate surface area is 130 Å². The number of rotatable bonds is 3. The third-order valence-corrected chi connectivity index (χ3v) is 2.18. The maximum absolute atomic E-state index is 8.83. The molecule has 0 aromatic carbocycles. The van der Waals surface area contributed by atoms with Gasteiger partial charge in [0.25, 0.3) is 0 Å². The average Bonchev–Trinajstić information content (AvgIpc) is 2.09. The fraction of sp³-hybridized carbons (Fsp3) is 0.786. The van der Waals surface area contributed by atoms with E-state index in [0.717, 1.165) is 11.4 Å². The molecule has 0 bridgehead atoms. The molecule has 0 atom stereocenters. The molecule has 0 fully saturated rings. The summed E-state index contributed by atoms with van der Waals surface area (Å²) in [6.07, 6.45) is 0. The van der Waals surface area contributed by atoms with Gasteiger partial charge < -0.3 is 4.90 Å². The number of nitrogens with zero attached hydrogens (tertiary/aromatic N) is 2. The van der Waals surface area contributed by atoms with E-state index in [0.29, 0.717) is 12.1 Å². The van der Waals surface area contributed by atoms with Gasteiger partial charge in [0, 0.05) is 12.1 Å². The molecule has 0 spiro atoms. The van der Waals surface area contributed by atoms with Crippen LogP contribution in [0.3, 0.4) is 0 Å². The van der Waals surface area contributed by atoms with Crippen molar-refractivity contribution in [2.45, 2.75) is 73.0 Å². The molecule has 7 heteroatoms. The van der Waals surface area contributed by atoms with Gasteiger partial charge in [-0.25, -0.2) is 0 Å². The maximum atomic E-state index is 8.83. The van der Waals surface area contributed by atoms with Crippen LogP contribution in [0.25, 0.3) is 0 Å². The molecule has 3 N–H and O–H groups in total. The molecule has 0 amide bonds. The Kier molecular flexibility index (Phi) is 9.37. The van der Waals surface area contributed by atoms with Crippen molar-refractivity contribution >= 4 is 5.84 Å². The summed E-state index contributed by atoms with van der Waals surface area (Å²) < 4.78 is 30.2. The first-order valence-corrected chi connectivity index (χ1v) is 8.08. The monoisotopic (exact) mass is 326 g/mol. The van der Waals surface area contributed by atoms with Gasteiger partial charge in [0.2, 0.25) is 0 Å². The van der Waals surface area contributed by atoms with Crippen molar-refractivity contribution in [2.75, 3.05) is 0 Å². The molecule has 0 aromatic rings. The van der Waals surface area contributed by atoms with Crippen LogP contribution in [-0.4, -0.2) is 42.3 Å². The molecule has 0 aliphatic heterocycles. The summed E-state index contributed by atoms with van der Waals surface area (Å²) in [4.78, 5) is 7.12. The van der Waals surface area contributed by atoms with Crippen LogP contribution in [0.5, 0.6) is 0 Å². The van der Waals surface area contributed by atoms with Crippen LogP contribution in [0.4, 0.5) is 0 Å². The summed E-state index contributed by atoms with van der Waals surface area (Å²) in [5.74, 6) is 1.04. The zero-order valence-electron chi connectivity index (χ0n) is 14.4. The van der Waals surface area contributed by atoms with Crippen LogP contribution in [0, 0.1) is 10.2 Å². The topological polar surface area (TPSA) is 99.4 Å². The van der Waals surface area contributed by atoms with E-state index >= 15 is 0 Å². The molecular weight excluding hydrogens is 296 g/mol. The van der Waals surface area contributed by atoms with E-state index in [1.165, 1.54) is 0 Å². The first-order chi connectivity index (χ1) is 9.06. The molecule has 0 aliphatic rings. The van der Waals surface area contributed by atoms with Crippen LogP contribution >= 0.6 is 0 Å². The van der Waals surface area contributed by atoms with Crippen LogP contribution in [-0.2, 0) is 0 Å². The predicted molar refractivity (Wildman–Crippen MR) is 80.8 cm³/mol. The van der Waals surface area contributed by atoms with E-state index in [-0.39, 0.29) is 5.54 Å². The standard InChI is InChI=1S/C14H28N2.ClH3O4/c1-10(2)13(15-14(7,8)9)16(11(3)4)12(5)6;2-1(3,4)5/h11-12H,1H2,2-9H3;2-4H. The van der Waals surface area contributed by atoms with E-state index in [1.54, 1.807) is 0 Å². The Bertz CT molecular complexity index is 341. The van der Waals surface area contributed by atoms with Crippen LogP contribution in [0.15, 0.2) is 17.1 Å². The van der Waals surface area contributed by atoms with Gasteiger partial charge in [0.15, 0.2) is 0 Å². The van der Waals surface area contributed by atoms with Crippen molar-refractivity contribution < 1.29 is 28.9 Å². The van der Waals surface area contributed by atoms with E-state index in [9.17, 15) is 0 Å². The molecule has 0 heterocycles. The van der Waals surface area contributed by atoms with Crippen molar-refractivity contribution in [3.05, 3.63) is 12.2 Å². The van der Waals surface area contributed by atoms with Crippen LogP contribution in [0.2, 0.25) is 0 Å². The van der Waals surface area contributed by atoms with Gasteiger partial charge in [-0.1, -0.05) is 6.58 Å². The molecule has 0 radical (unpaired) electrons. The van der Waals surface area contributed by atoms with Crippen molar-refractivity contribution in [2.24, 2.45) is 4.99 Å². The number of aliphatic imine (C=N–C) groups is 1. The third-order valence-electron chi connectivity index (χ3n) is 2.18. The summed E-state index contributed by atoms with van der Waals surface area (Å²) in [6, 6.07) is 0.885. The first kappa shape index (κ1) is 22.6. The minimum atomic E-state index is -4.19. The molecule has 6 nitrogen and oxygen atoms in total. The Morgan fingerprint density at radius 1 is 1.10 bits per heavy atom. The normalized spacial score (nSPS) is 13.9. The summed E-state index contributed by atoms with van der Waals surface area (Å²) >= 11 is 0. The van der Waals surface area contributed by atoms with Crippen LogP contribution in [0.1, 0.15) is 55.4 Å². The van der Waals surface area contributed by atoms with Crippen molar-refractivity contribution in [3.63, 3.8) is 0 Å². The summed E-state index contributed by atoms with van der Waals surface area (Å²) in [7, 11) is -4.19. The number of amidine groups is 1. The molecule has 0 aromatic heterocycles. The number of halogens is 1. The summed E-state index contributed by atoms with van der Waals surface area (Å²) in [5, 5.41) is 0. The Hall–Kier alpha value is -0.660. The molecule has 21 heavy (non-hydrogen) atoms. The Morgan fingerprint density at radius 3 is 1.52 bits per heavy atom. The minimum absolute atomic E-state index is 0.0592. The fourth-order valence-corrected chi connectivity index (χ4v) is 1.78. The second-order valence-electron chi connectivity index (χ2n) is 6.42. The van der Waals surface area contributed by atoms with Crippen molar-refractivity contribution in [1.29, 1.82) is 0 Å².